The van der Waals surface area contributed by atoms with Crippen LogP contribution in [0, 0.1) is 0 Å². The molecule has 0 saturated heterocycles. The van der Waals surface area contributed by atoms with Gasteiger partial charge in [0, 0.05) is 42.4 Å². The quantitative estimate of drug-likeness (QED) is 0.196. The summed E-state index contributed by atoms with van der Waals surface area (Å²) >= 11 is 13.4. The van der Waals surface area contributed by atoms with Crippen molar-refractivity contribution in [2.24, 2.45) is 0 Å². The summed E-state index contributed by atoms with van der Waals surface area (Å²) in [5.41, 5.74) is 8.41. The molecule has 1 amide bonds. The van der Waals surface area contributed by atoms with Crippen LogP contribution in [0.15, 0.2) is 85.2 Å². The van der Waals surface area contributed by atoms with E-state index in [4.69, 9.17) is 33.2 Å². The first-order valence-corrected chi connectivity index (χ1v) is 15.2. The number of amides is 1. The molecular weight excluding hydrogens is 601 g/mol. The van der Waals surface area contributed by atoms with Crippen molar-refractivity contribution >= 4 is 63.4 Å². The van der Waals surface area contributed by atoms with Gasteiger partial charge in [0.2, 0.25) is 5.95 Å². The summed E-state index contributed by atoms with van der Waals surface area (Å²) in [6, 6.07) is 23.3. The number of nitrogens with zero attached hydrogens (tertiary/aromatic N) is 5. The lowest BCUT2D eigenvalue weighted by Crippen LogP contribution is -2.26. The average molecular weight is 627 g/mol. The Balaban J connectivity index is 1.23. The zero-order valence-corrected chi connectivity index (χ0v) is 25.3. The van der Waals surface area contributed by atoms with Gasteiger partial charge < -0.3 is 15.5 Å². The molecule has 8 nitrogen and oxygen atoms in total. The van der Waals surface area contributed by atoms with E-state index >= 15 is 0 Å². The summed E-state index contributed by atoms with van der Waals surface area (Å²) in [6.45, 7) is 1.99. The number of fused-ring (bicyclic) bond motifs is 2. The molecule has 0 fully saturated rings. The third kappa shape index (κ3) is 5.60. The highest BCUT2D eigenvalue weighted by Crippen LogP contribution is 2.35. The number of imidazole rings is 1. The molecular formula is C32H25Cl2N7OS. The Bertz CT molecular complexity index is 2000. The summed E-state index contributed by atoms with van der Waals surface area (Å²) in [7, 11) is 2.14. The standard InChI is InChI=1S/C32H25Cl2N7OS/c1-40-14-11-19-8-9-23(16-21(19)18-40)37-32-35-12-10-25(38-32)29-28(39-27-7-2-3-13-41(27)29)20-5-4-6-22(15-20)36-31(42)24-17-26(33)43-30(24)34/h2-10,12-13,15-17H,11,14,18H2,1H3,(H,36,42)(H,35,37,38). The molecule has 0 spiro atoms. The van der Waals surface area contributed by atoms with Crippen LogP contribution >= 0.6 is 34.5 Å². The Morgan fingerprint density at radius 1 is 0.953 bits per heavy atom. The second-order valence-electron chi connectivity index (χ2n) is 10.4. The van der Waals surface area contributed by atoms with Gasteiger partial charge in [0.25, 0.3) is 5.91 Å². The Morgan fingerprint density at radius 3 is 2.72 bits per heavy atom. The van der Waals surface area contributed by atoms with Crippen LogP contribution in [0.4, 0.5) is 17.3 Å². The number of aromatic nitrogens is 4. The number of benzene rings is 2. The van der Waals surface area contributed by atoms with Gasteiger partial charge in [0.1, 0.15) is 9.98 Å². The number of likely N-dealkylation sites (N-methyl/N-ethyl adjacent to an activating group) is 1. The normalized spacial score (nSPS) is 13.2. The van der Waals surface area contributed by atoms with Crippen LogP contribution in [0.5, 0.6) is 0 Å². The second kappa shape index (κ2) is 11.4. The first kappa shape index (κ1) is 27.5. The lowest BCUT2D eigenvalue weighted by atomic mass is 9.99. The van der Waals surface area contributed by atoms with Crippen molar-refractivity contribution in [1.82, 2.24) is 24.3 Å². The summed E-state index contributed by atoms with van der Waals surface area (Å²) in [5, 5.41) is 6.32. The van der Waals surface area contributed by atoms with Crippen LogP contribution in [0.25, 0.3) is 28.3 Å². The minimum absolute atomic E-state index is 0.333. The van der Waals surface area contributed by atoms with E-state index in [-0.39, 0.29) is 5.91 Å². The summed E-state index contributed by atoms with van der Waals surface area (Å²) < 4.78 is 2.81. The Morgan fingerprint density at radius 2 is 1.86 bits per heavy atom. The van der Waals surface area contributed by atoms with Crippen molar-refractivity contribution in [3.8, 4) is 22.6 Å². The average Bonchev–Trinajstić information content (AvgIpc) is 3.56. The summed E-state index contributed by atoms with van der Waals surface area (Å²) in [5.74, 6) is 0.159. The minimum Gasteiger partial charge on any atom is -0.324 e. The molecule has 0 radical (unpaired) electrons. The van der Waals surface area contributed by atoms with Crippen LogP contribution in [-0.4, -0.2) is 43.8 Å². The van der Waals surface area contributed by atoms with Crippen molar-refractivity contribution in [3.63, 3.8) is 0 Å². The number of nitrogens with one attached hydrogen (secondary N) is 2. The first-order chi connectivity index (χ1) is 20.9. The number of rotatable bonds is 6. The zero-order valence-electron chi connectivity index (χ0n) is 23.0. The topological polar surface area (TPSA) is 87.5 Å². The van der Waals surface area contributed by atoms with E-state index in [1.807, 2.05) is 59.1 Å². The summed E-state index contributed by atoms with van der Waals surface area (Å²) in [6.07, 6.45) is 4.76. The molecule has 0 saturated carbocycles. The van der Waals surface area contributed by atoms with Crippen molar-refractivity contribution in [2.45, 2.75) is 13.0 Å². The predicted molar refractivity (Wildman–Crippen MR) is 174 cm³/mol. The van der Waals surface area contributed by atoms with Gasteiger partial charge >= 0.3 is 0 Å². The maximum Gasteiger partial charge on any atom is 0.258 e. The maximum absolute atomic E-state index is 12.9. The number of pyridine rings is 1. The van der Waals surface area contributed by atoms with E-state index in [9.17, 15) is 4.79 Å². The van der Waals surface area contributed by atoms with Gasteiger partial charge in [-0.2, -0.15) is 0 Å². The molecule has 0 unspecified atom stereocenters. The van der Waals surface area contributed by atoms with E-state index < -0.39 is 0 Å². The first-order valence-electron chi connectivity index (χ1n) is 13.7. The molecule has 4 aromatic heterocycles. The number of carbonyl (C=O) groups is 1. The Hall–Kier alpha value is -4.28. The van der Waals surface area contributed by atoms with Gasteiger partial charge in [-0.3, -0.25) is 9.20 Å². The van der Waals surface area contributed by atoms with Crippen LogP contribution in [-0.2, 0) is 13.0 Å². The third-order valence-corrected chi connectivity index (χ3v) is 8.88. The summed E-state index contributed by atoms with van der Waals surface area (Å²) in [4.78, 5) is 29.6. The number of anilines is 3. The molecule has 2 aromatic carbocycles. The Labute approximate surface area is 262 Å². The molecule has 43 heavy (non-hydrogen) atoms. The van der Waals surface area contributed by atoms with Crippen molar-refractivity contribution in [3.05, 3.63) is 111 Å². The van der Waals surface area contributed by atoms with Gasteiger partial charge in [0.05, 0.1) is 27.0 Å². The van der Waals surface area contributed by atoms with Crippen LogP contribution in [0.1, 0.15) is 21.5 Å². The fourth-order valence-corrected chi connectivity index (χ4v) is 6.79. The third-order valence-electron chi connectivity index (χ3n) is 7.39. The molecule has 0 atom stereocenters. The molecule has 7 rings (SSSR count). The lowest BCUT2D eigenvalue weighted by Gasteiger charge is -2.25. The number of hydrogen-bond acceptors (Lipinski definition) is 7. The lowest BCUT2D eigenvalue weighted by molar-refractivity contribution is 0.102. The van der Waals surface area contributed by atoms with E-state index in [1.165, 1.54) is 11.1 Å². The van der Waals surface area contributed by atoms with Gasteiger partial charge in [-0.25, -0.2) is 15.0 Å². The molecule has 1 aliphatic rings. The SMILES string of the molecule is CN1CCc2ccc(Nc3nccc(-c4c(-c5cccc(NC(=O)c6cc(Cl)sc6Cl)c5)nc5ccccn45)n3)cc2C1. The van der Waals surface area contributed by atoms with Crippen molar-refractivity contribution < 1.29 is 4.79 Å². The number of hydrogen-bond donors (Lipinski definition) is 2. The molecule has 214 valence electrons. The van der Waals surface area contributed by atoms with Crippen LogP contribution in [0.3, 0.4) is 0 Å². The minimum atomic E-state index is -0.333. The number of thiophene rings is 1. The molecule has 6 aromatic rings. The highest BCUT2D eigenvalue weighted by molar-refractivity contribution is 7.20. The zero-order chi connectivity index (χ0) is 29.5. The number of carbonyl (C=O) groups excluding carboxylic acids is 1. The molecule has 1 aliphatic heterocycles. The smallest absolute Gasteiger partial charge is 0.258 e. The monoisotopic (exact) mass is 625 g/mol. The fraction of sp³-hybridized carbons (Fsp3) is 0.125. The van der Waals surface area contributed by atoms with Crippen LogP contribution in [0.2, 0.25) is 8.67 Å². The second-order valence-corrected chi connectivity index (χ2v) is 12.7. The highest BCUT2D eigenvalue weighted by Gasteiger charge is 2.20. The molecule has 11 heteroatoms. The van der Waals surface area contributed by atoms with Gasteiger partial charge in [-0.05, 0) is 73.1 Å². The van der Waals surface area contributed by atoms with E-state index in [2.05, 4.69) is 45.8 Å². The van der Waals surface area contributed by atoms with Gasteiger partial charge in [-0.15, -0.1) is 11.3 Å². The van der Waals surface area contributed by atoms with Crippen molar-refractivity contribution in [1.29, 1.82) is 0 Å². The van der Waals surface area contributed by atoms with E-state index in [0.29, 0.717) is 31.6 Å². The molecule has 5 heterocycles. The largest absolute Gasteiger partial charge is 0.324 e. The number of halogens is 2. The van der Waals surface area contributed by atoms with E-state index in [1.54, 1.807) is 12.3 Å². The van der Waals surface area contributed by atoms with Gasteiger partial charge in [0.15, 0.2) is 0 Å². The molecule has 0 aliphatic carbocycles. The van der Waals surface area contributed by atoms with Gasteiger partial charge in [-0.1, -0.05) is 47.5 Å². The van der Waals surface area contributed by atoms with Crippen LogP contribution < -0.4 is 10.6 Å². The Kier molecular flexibility index (Phi) is 7.32. The fourth-order valence-electron chi connectivity index (χ4n) is 5.34. The predicted octanol–water partition coefficient (Wildman–Crippen LogP) is 7.81. The molecule has 0 bridgehead atoms. The highest BCUT2D eigenvalue weighted by atomic mass is 35.5. The van der Waals surface area contributed by atoms with E-state index in [0.717, 1.165) is 59.1 Å². The maximum atomic E-state index is 12.9. The molecule has 2 N–H and O–H groups in total. The van der Waals surface area contributed by atoms with Crippen molar-refractivity contribution in [2.75, 3.05) is 24.2 Å².